The van der Waals surface area contributed by atoms with Gasteiger partial charge in [-0.1, -0.05) is 5.16 Å². The molecule has 2 aromatic rings. The van der Waals surface area contributed by atoms with Crippen LogP contribution in [0.15, 0.2) is 28.8 Å². The predicted octanol–water partition coefficient (Wildman–Crippen LogP) is 0.609. The minimum Gasteiger partial charge on any atom is -0.497 e. The fourth-order valence-corrected chi connectivity index (χ4v) is 2.71. The first-order chi connectivity index (χ1) is 12.2. The van der Waals surface area contributed by atoms with E-state index in [-0.39, 0.29) is 5.91 Å². The monoisotopic (exact) mass is 345 g/mol. The highest BCUT2D eigenvalue weighted by Gasteiger charge is 2.19. The lowest BCUT2D eigenvalue weighted by Gasteiger charge is -2.28. The van der Waals surface area contributed by atoms with E-state index in [4.69, 9.17) is 9.26 Å². The van der Waals surface area contributed by atoms with Gasteiger partial charge >= 0.3 is 0 Å². The topological polar surface area (TPSA) is 83.7 Å². The zero-order valence-corrected chi connectivity index (χ0v) is 14.6. The summed E-state index contributed by atoms with van der Waals surface area (Å²) >= 11 is 0. The lowest BCUT2D eigenvalue weighted by molar-refractivity contribution is -0.132. The molecule has 0 spiro atoms. The van der Waals surface area contributed by atoms with Gasteiger partial charge in [-0.2, -0.15) is 4.98 Å². The second kappa shape index (κ2) is 8.09. The van der Waals surface area contributed by atoms with Crippen molar-refractivity contribution in [3.63, 3.8) is 0 Å². The number of nitrogens with zero attached hydrogens (tertiary/aromatic N) is 4. The van der Waals surface area contributed by atoms with Crippen LogP contribution in [0.4, 0.5) is 0 Å². The Bertz CT molecular complexity index is 695. The van der Waals surface area contributed by atoms with Crippen LogP contribution in [0.3, 0.4) is 0 Å². The Hall–Kier alpha value is -2.45. The Morgan fingerprint density at radius 3 is 2.72 bits per heavy atom. The highest BCUT2D eigenvalue weighted by Crippen LogP contribution is 2.19. The van der Waals surface area contributed by atoms with Gasteiger partial charge in [0.15, 0.2) is 0 Å². The third-order valence-electron chi connectivity index (χ3n) is 4.10. The van der Waals surface area contributed by atoms with Crippen LogP contribution < -0.4 is 10.1 Å². The number of carbonyl (C=O) groups is 1. The van der Waals surface area contributed by atoms with Gasteiger partial charge in [-0.15, -0.1) is 0 Å². The maximum absolute atomic E-state index is 12.3. The van der Waals surface area contributed by atoms with Crippen LogP contribution in [0.2, 0.25) is 0 Å². The number of methoxy groups -OCH3 is 1. The summed E-state index contributed by atoms with van der Waals surface area (Å²) in [5.41, 5.74) is 0.857. The van der Waals surface area contributed by atoms with E-state index in [1.807, 2.05) is 41.1 Å². The maximum atomic E-state index is 12.3. The van der Waals surface area contributed by atoms with Crippen molar-refractivity contribution in [1.29, 1.82) is 0 Å². The molecule has 0 radical (unpaired) electrons. The van der Waals surface area contributed by atoms with Gasteiger partial charge in [0.2, 0.25) is 17.6 Å². The van der Waals surface area contributed by atoms with Gasteiger partial charge in [-0.3, -0.25) is 9.69 Å². The Kier molecular flexibility index (Phi) is 5.62. The van der Waals surface area contributed by atoms with E-state index in [9.17, 15) is 4.79 Å². The molecule has 134 valence electrons. The molecular formula is C17H23N5O3. The van der Waals surface area contributed by atoms with Gasteiger partial charge in [0, 0.05) is 31.7 Å². The molecule has 1 aromatic carbocycles. The highest BCUT2D eigenvalue weighted by molar-refractivity contribution is 5.78. The first-order valence-electron chi connectivity index (χ1n) is 8.30. The van der Waals surface area contributed by atoms with Crippen molar-refractivity contribution in [2.24, 2.45) is 0 Å². The second-order valence-corrected chi connectivity index (χ2v) is 6.04. The normalized spacial score (nSPS) is 14.8. The lowest BCUT2D eigenvalue weighted by atomic mass is 10.2. The smallest absolute Gasteiger partial charge is 0.241 e. The van der Waals surface area contributed by atoms with E-state index in [1.165, 1.54) is 0 Å². The predicted molar refractivity (Wildman–Crippen MR) is 92.1 cm³/mol. The largest absolute Gasteiger partial charge is 0.497 e. The molecule has 1 aliphatic heterocycles. The van der Waals surface area contributed by atoms with Crippen LogP contribution in [0, 0.1) is 0 Å². The molecule has 1 aliphatic rings. The van der Waals surface area contributed by atoms with E-state index in [0.717, 1.165) is 37.5 Å². The lowest BCUT2D eigenvalue weighted by Crippen LogP contribution is -2.49. The molecule has 2 heterocycles. The first kappa shape index (κ1) is 17.4. The summed E-state index contributed by atoms with van der Waals surface area (Å²) in [6.45, 7) is 3.99. The number of nitrogens with one attached hydrogen (secondary N) is 1. The molecule has 0 bridgehead atoms. The molecule has 1 N–H and O–H groups in total. The number of rotatable bonds is 6. The van der Waals surface area contributed by atoms with Crippen LogP contribution in [0.25, 0.3) is 11.4 Å². The van der Waals surface area contributed by atoms with Crippen molar-refractivity contribution in [3.8, 4) is 17.1 Å². The zero-order chi connectivity index (χ0) is 17.6. The van der Waals surface area contributed by atoms with Crippen LogP contribution in [0.1, 0.15) is 5.89 Å². The minimum absolute atomic E-state index is 0.124. The summed E-state index contributed by atoms with van der Waals surface area (Å²) < 4.78 is 10.4. The molecule has 8 nitrogen and oxygen atoms in total. The van der Waals surface area contributed by atoms with Crippen LogP contribution in [0.5, 0.6) is 5.75 Å². The van der Waals surface area contributed by atoms with Crippen molar-refractivity contribution in [1.82, 2.24) is 25.3 Å². The Labute approximate surface area is 146 Å². The fourth-order valence-electron chi connectivity index (χ4n) is 2.71. The molecule has 1 fully saturated rings. The summed E-state index contributed by atoms with van der Waals surface area (Å²) in [7, 11) is 3.50. The number of aromatic nitrogens is 2. The molecule has 3 rings (SSSR count). The summed E-state index contributed by atoms with van der Waals surface area (Å²) in [6.07, 6.45) is 0. The van der Waals surface area contributed by atoms with E-state index < -0.39 is 0 Å². The summed E-state index contributed by atoms with van der Waals surface area (Å²) in [5, 5.41) is 7.25. The third kappa shape index (κ3) is 4.55. The summed E-state index contributed by atoms with van der Waals surface area (Å²) in [4.78, 5) is 20.4. The van der Waals surface area contributed by atoms with Gasteiger partial charge in [0.25, 0.3) is 0 Å². The van der Waals surface area contributed by atoms with Crippen molar-refractivity contribution >= 4 is 5.91 Å². The average molecular weight is 345 g/mol. The van der Waals surface area contributed by atoms with Gasteiger partial charge in [-0.25, -0.2) is 0 Å². The Balaban J connectivity index is 1.55. The zero-order valence-electron chi connectivity index (χ0n) is 14.6. The molecule has 0 aliphatic carbocycles. The molecule has 1 amide bonds. The van der Waals surface area contributed by atoms with E-state index >= 15 is 0 Å². The van der Waals surface area contributed by atoms with E-state index in [1.54, 1.807) is 7.11 Å². The van der Waals surface area contributed by atoms with Crippen molar-refractivity contribution < 1.29 is 14.1 Å². The summed E-state index contributed by atoms with van der Waals surface area (Å²) in [5.74, 6) is 1.92. The number of piperazine rings is 1. The SMILES string of the molecule is COc1ccc(-c2noc(CN(C)CC(=O)N3CCNCC3)n2)cc1. The quantitative estimate of drug-likeness (QED) is 0.821. The second-order valence-electron chi connectivity index (χ2n) is 6.04. The Morgan fingerprint density at radius 2 is 2.04 bits per heavy atom. The minimum atomic E-state index is 0.124. The first-order valence-corrected chi connectivity index (χ1v) is 8.30. The van der Waals surface area contributed by atoms with E-state index in [2.05, 4.69) is 15.5 Å². The van der Waals surface area contributed by atoms with Crippen LogP contribution >= 0.6 is 0 Å². The number of ether oxygens (including phenoxy) is 1. The highest BCUT2D eigenvalue weighted by atomic mass is 16.5. The molecule has 1 saturated heterocycles. The van der Waals surface area contributed by atoms with E-state index in [0.29, 0.717) is 24.8 Å². The number of hydrogen-bond donors (Lipinski definition) is 1. The van der Waals surface area contributed by atoms with Crippen molar-refractivity contribution in [2.75, 3.05) is 46.9 Å². The van der Waals surface area contributed by atoms with Gasteiger partial charge in [-0.05, 0) is 31.3 Å². The average Bonchev–Trinajstić information content (AvgIpc) is 3.10. The van der Waals surface area contributed by atoms with Gasteiger partial charge < -0.3 is 19.5 Å². The molecule has 0 saturated carbocycles. The van der Waals surface area contributed by atoms with Crippen LogP contribution in [-0.4, -0.2) is 72.7 Å². The van der Waals surface area contributed by atoms with Gasteiger partial charge in [0.05, 0.1) is 20.2 Å². The van der Waals surface area contributed by atoms with Crippen molar-refractivity contribution in [2.45, 2.75) is 6.54 Å². The molecule has 25 heavy (non-hydrogen) atoms. The molecule has 0 atom stereocenters. The number of carbonyl (C=O) groups excluding carboxylic acids is 1. The number of likely N-dealkylation sites (N-methyl/N-ethyl adjacent to an activating group) is 1. The maximum Gasteiger partial charge on any atom is 0.241 e. The van der Waals surface area contributed by atoms with Crippen molar-refractivity contribution in [3.05, 3.63) is 30.2 Å². The molecule has 0 unspecified atom stereocenters. The number of benzene rings is 1. The fraction of sp³-hybridized carbons (Fsp3) is 0.471. The number of hydrogen-bond acceptors (Lipinski definition) is 7. The number of amides is 1. The standard InChI is InChI=1S/C17H23N5O3/c1-21(12-16(23)22-9-7-18-8-10-22)11-15-19-17(20-25-15)13-3-5-14(24-2)6-4-13/h3-6,18H,7-12H2,1-2H3. The molecule has 1 aromatic heterocycles. The summed E-state index contributed by atoms with van der Waals surface area (Å²) in [6, 6.07) is 7.46. The third-order valence-corrected chi connectivity index (χ3v) is 4.10. The Morgan fingerprint density at radius 1 is 1.32 bits per heavy atom. The molecular weight excluding hydrogens is 322 g/mol. The van der Waals surface area contributed by atoms with Crippen LogP contribution in [-0.2, 0) is 11.3 Å². The molecule has 8 heteroatoms. The van der Waals surface area contributed by atoms with Gasteiger partial charge in [0.1, 0.15) is 5.75 Å².